The van der Waals surface area contributed by atoms with Gasteiger partial charge in [-0.15, -0.1) is 0 Å². The standard InChI is InChI=1S/C16H25FN2O/c1-13(18-2)14-6-7-16(15(17)12-14)20-11-10-19-8-4-3-5-9-19/h6-7,12-13,18H,3-5,8-11H2,1-2H3. The monoisotopic (exact) mass is 280 g/mol. The lowest BCUT2D eigenvalue weighted by Gasteiger charge is -2.26. The minimum atomic E-state index is -0.275. The summed E-state index contributed by atoms with van der Waals surface area (Å²) in [5, 5.41) is 3.10. The van der Waals surface area contributed by atoms with Gasteiger partial charge >= 0.3 is 0 Å². The van der Waals surface area contributed by atoms with Crippen molar-refractivity contribution in [2.75, 3.05) is 33.3 Å². The summed E-state index contributed by atoms with van der Waals surface area (Å²) in [7, 11) is 1.87. The third-order valence-corrected chi connectivity index (χ3v) is 4.00. The number of ether oxygens (including phenoxy) is 1. The maximum atomic E-state index is 13.9. The maximum absolute atomic E-state index is 13.9. The minimum absolute atomic E-state index is 0.145. The first-order valence-corrected chi connectivity index (χ1v) is 7.52. The van der Waals surface area contributed by atoms with E-state index in [0.29, 0.717) is 12.4 Å². The zero-order valence-electron chi connectivity index (χ0n) is 12.5. The third kappa shape index (κ3) is 4.18. The van der Waals surface area contributed by atoms with Gasteiger partial charge in [0.05, 0.1) is 0 Å². The van der Waals surface area contributed by atoms with E-state index in [0.717, 1.165) is 25.2 Å². The van der Waals surface area contributed by atoms with Crippen molar-refractivity contribution in [3.63, 3.8) is 0 Å². The number of piperidine rings is 1. The fraction of sp³-hybridized carbons (Fsp3) is 0.625. The van der Waals surface area contributed by atoms with Crippen LogP contribution in [0.15, 0.2) is 18.2 Å². The van der Waals surface area contributed by atoms with Gasteiger partial charge < -0.3 is 10.1 Å². The topological polar surface area (TPSA) is 24.5 Å². The summed E-state index contributed by atoms with van der Waals surface area (Å²) in [5.74, 6) is 0.0808. The molecule has 1 N–H and O–H groups in total. The number of nitrogens with one attached hydrogen (secondary N) is 1. The first kappa shape index (κ1) is 15.3. The van der Waals surface area contributed by atoms with Crippen LogP contribution in [0, 0.1) is 5.82 Å². The zero-order valence-corrected chi connectivity index (χ0v) is 12.5. The molecule has 1 saturated heterocycles. The van der Waals surface area contributed by atoms with Crippen LogP contribution in [0.3, 0.4) is 0 Å². The summed E-state index contributed by atoms with van der Waals surface area (Å²) in [6.07, 6.45) is 3.87. The normalized spacial score (nSPS) is 17.9. The first-order chi connectivity index (χ1) is 9.70. The fourth-order valence-electron chi connectivity index (χ4n) is 2.54. The van der Waals surface area contributed by atoms with Crippen molar-refractivity contribution in [2.45, 2.75) is 32.2 Å². The van der Waals surface area contributed by atoms with Crippen molar-refractivity contribution in [3.8, 4) is 5.75 Å². The third-order valence-electron chi connectivity index (χ3n) is 4.00. The van der Waals surface area contributed by atoms with Crippen molar-refractivity contribution in [3.05, 3.63) is 29.6 Å². The Balaban J connectivity index is 1.83. The largest absolute Gasteiger partial charge is 0.489 e. The van der Waals surface area contributed by atoms with E-state index in [2.05, 4.69) is 10.2 Å². The van der Waals surface area contributed by atoms with E-state index < -0.39 is 0 Å². The lowest BCUT2D eigenvalue weighted by atomic mass is 10.1. The molecule has 1 fully saturated rings. The Kier molecular flexibility index (Phi) is 5.80. The predicted octanol–water partition coefficient (Wildman–Crippen LogP) is 2.97. The highest BCUT2D eigenvalue weighted by molar-refractivity contribution is 5.30. The van der Waals surface area contributed by atoms with Gasteiger partial charge in [-0.1, -0.05) is 12.5 Å². The SMILES string of the molecule is CNC(C)c1ccc(OCCN2CCCCC2)c(F)c1. The molecule has 0 radical (unpaired) electrons. The molecule has 1 aromatic rings. The van der Waals surface area contributed by atoms with Gasteiger partial charge in [-0.3, -0.25) is 4.90 Å². The molecular formula is C16H25FN2O. The molecule has 0 aliphatic carbocycles. The van der Waals surface area contributed by atoms with Crippen LogP contribution in [0.2, 0.25) is 0 Å². The van der Waals surface area contributed by atoms with Gasteiger partial charge in [-0.25, -0.2) is 4.39 Å². The second-order valence-corrected chi connectivity index (χ2v) is 5.45. The molecule has 1 atom stereocenters. The van der Waals surface area contributed by atoms with E-state index in [1.807, 2.05) is 20.0 Å². The Bertz CT molecular complexity index is 419. The van der Waals surface area contributed by atoms with Crippen molar-refractivity contribution in [1.29, 1.82) is 0 Å². The van der Waals surface area contributed by atoms with Crippen LogP contribution in [-0.4, -0.2) is 38.2 Å². The van der Waals surface area contributed by atoms with Gasteiger partial charge in [0.2, 0.25) is 0 Å². The number of nitrogens with zero attached hydrogens (tertiary/aromatic N) is 1. The van der Waals surface area contributed by atoms with E-state index in [9.17, 15) is 4.39 Å². The Morgan fingerprint density at radius 1 is 1.30 bits per heavy atom. The van der Waals surface area contributed by atoms with Crippen LogP contribution in [0.25, 0.3) is 0 Å². The molecule has 1 aliphatic rings. The number of rotatable bonds is 6. The van der Waals surface area contributed by atoms with Crippen molar-refractivity contribution in [2.24, 2.45) is 0 Å². The highest BCUT2D eigenvalue weighted by atomic mass is 19.1. The number of hydrogen-bond acceptors (Lipinski definition) is 3. The molecule has 0 aromatic heterocycles. The Morgan fingerprint density at radius 2 is 2.05 bits per heavy atom. The van der Waals surface area contributed by atoms with Crippen molar-refractivity contribution in [1.82, 2.24) is 10.2 Å². The van der Waals surface area contributed by atoms with Gasteiger partial charge in [0.25, 0.3) is 0 Å². The van der Waals surface area contributed by atoms with Gasteiger partial charge in [-0.05, 0) is 57.6 Å². The van der Waals surface area contributed by atoms with Crippen LogP contribution < -0.4 is 10.1 Å². The molecule has 0 spiro atoms. The summed E-state index contributed by atoms with van der Waals surface area (Å²) in [6, 6.07) is 5.35. The molecule has 20 heavy (non-hydrogen) atoms. The molecule has 1 heterocycles. The van der Waals surface area contributed by atoms with Crippen LogP contribution >= 0.6 is 0 Å². The Hall–Kier alpha value is -1.13. The molecule has 112 valence electrons. The van der Waals surface area contributed by atoms with E-state index in [1.165, 1.54) is 19.3 Å². The lowest BCUT2D eigenvalue weighted by molar-refractivity contribution is 0.180. The summed E-state index contributed by atoms with van der Waals surface area (Å²) >= 11 is 0. The van der Waals surface area contributed by atoms with Crippen LogP contribution in [-0.2, 0) is 0 Å². The number of halogens is 1. The average Bonchev–Trinajstić information content (AvgIpc) is 2.49. The van der Waals surface area contributed by atoms with Crippen LogP contribution in [0.1, 0.15) is 37.8 Å². The van der Waals surface area contributed by atoms with Gasteiger partial charge in [0, 0.05) is 12.6 Å². The zero-order chi connectivity index (χ0) is 14.4. The predicted molar refractivity (Wildman–Crippen MR) is 79.7 cm³/mol. The second-order valence-electron chi connectivity index (χ2n) is 5.45. The minimum Gasteiger partial charge on any atom is -0.489 e. The fourth-order valence-corrected chi connectivity index (χ4v) is 2.54. The van der Waals surface area contributed by atoms with E-state index >= 15 is 0 Å². The number of benzene rings is 1. The summed E-state index contributed by atoms with van der Waals surface area (Å²) in [6.45, 7) is 5.73. The van der Waals surface area contributed by atoms with E-state index in [1.54, 1.807) is 12.1 Å². The van der Waals surface area contributed by atoms with Crippen LogP contribution in [0.4, 0.5) is 4.39 Å². The van der Waals surface area contributed by atoms with Gasteiger partial charge in [0.1, 0.15) is 6.61 Å². The smallest absolute Gasteiger partial charge is 0.165 e. The number of hydrogen-bond donors (Lipinski definition) is 1. The summed E-state index contributed by atoms with van der Waals surface area (Å²) in [5.41, 5.74) is 0.938. The second kappa shape index (κ2) is 7.60. The Labute approximate surface area is 121 Å². The van der Waals surface area contributed by atoms with Crippen LogP contribution in [0.5, 0.6) is 5.75 Å². The summed E-state index contributed by atoms with van der Waals surface area (Å²) < 4.78 is 19.5. The molecule has 0 bridgehead atoms. The van der Waals surface area contributed by atoms with E-state index in [-0.39, 0.29) is 11.9 Å². The molecule has 1 aliphatic heterocycles. The highest BCUT2D eigenvalue weighted by Gasteiger charge is 2.11. The van der Waals surface area contributed by atoms with Crippen molar-refractivity contribution < 1.29 is 9.13 Å². The molecule has 1 unspecified atom stereocenters. The quantitative estimate of drug-likeness (QED) is 0.867. The molecule has 1 aromatic carbocycles. The highest BCUT2D eigenvalue weighted by Crippen LogP contribution is 2.22. The summed E-state index contributed by atoms with van der Waals surface area (Å²) in [4.78, 5) is 2.39. The maximum Gasteiger partial charge on any atom is 0.165 e. The number of likely N-dealkylation sites (tertiary alicyclic amines) is 1. The molecule has 4 heteroatoms. The molecule has 0 saturated carbocycles. The van der Waals surface area contributed by atoms with Gasteiger partial charge in [-0.2, -0.15) is 0 Å². The molecule has 3 nitrogen and oxygen atoms in total. The molecule has 0 amide bonds. The van der Waals surface area contributed by atoms with E-state index in [4.69, 9.17) is 4.74 Å². The Morgan fingerprint density at radius 3 is 2.70 bits per heavy atom. The molecule has 2 rings (SSSR count). The average molecular weight is 280 g/mol. The lowest BCUT2D eigenvalue weighted by Crippen LogP contribution is -2.33. The van der Waals surface area contributed by atoms with Crippen molar-refractivity contribution >= 4 is 0 Å². The van der Waals surface area contributed by atoms with Gasteiger partial charge in [0.15, 0.2) is 11.6 Å². The first-order valence-electron chi connectivity index (χ1n) is 7.52. The molecular weight excluding hydrogens is 255 g/mol.